The summed E-state index contributed by atoms with van der Waals surface area (Å²) in [6.07, 6.45) is 5.93. The zero-order chi connectivity index (χ0) is 13.0. The molecule has 1 N–H and O–H groups in total. The van der Waals surface area contributed by atoms with Crippen molar-refractivity contribution in [1.82, 2.24) is 15.1 Å². The van der Waals surface area contributed by atoms with Gasteiger partial charge in [0.1, 0.15) is 0 Å². The Balaban J connectivity index is 1.74. The molecule has 2 aliphatic rings. The number of likely N-dealkylation sites (N-methyl/N-ethyl adjacent to an activating group) is 1. The molecule has 0 aliphatic carbocycles. The Hall–Kier alpha value is -0.610. The average molecular weight is 253 g/mol. The second kappa shape index (κ2) is 6.53. The first-order chi connectivity index (χ1) is 8.70. The van der Waals surface area contributed by atoms with Crippen molar-refractivity contribution in [2.75, 3.05) is 40.3 Å². The van der Waals surface area contributed by atoms with Crippen molar-refractivity contribution in [3.05, 3.63) is 0 Å². The van der Waals surface area contributed by atoms with Crippen LogP contribution in [-0.2, 0) is 4.79 Å². The van der Waals surface area contributed by atoms with Crippen molar-refractivity contribution in [1.29, 1.82) is 0 Å². The summed E-state index contributed by atoms with van der Waals surface area (Å²) >= 11 is 0. The number of rotatable bonds is 4. The molecule has 0 aromatic heterocycles. The minimum Gasteiger partial charge on any atom is -0.341 e. The minimum absolute atomic E-state index is 0.0660. The van der Waals surface area contributed by atoms with Crippen molar-refractivity contribution in [3.8, 4) is 0 Å². The normalized spacial score (nSPS) is 27.8. The van der Waals surface area contributed by atoms with Crippen LogP contribution in [0.25, 0.3) is 0 Å². The molecule has 0 radical (unpaired) electrons. The third-order valence-electron chi connectivity index (χ3n) is 4.52. The summed E-state index contributed by atoms with van der Waals surface area (Å²) in [7, 11) is 4.09. The van der Waals surface area contributed by atoms with Gasteiger partial charge < -0.3 is 15.1 Å². The average Bonchev–Trinajstić information content (AvgIpc) is 2.39. The number of likely N-dealkylation sites (tertiary alicyclic amines) is 2. The highest BCUT2D eigenvalue weighted by atomic mass is 16.2. The van der Waals surface area contributed by atoms with Crippen molar-refractivity contribution in [2.45, 2.75) is 38.1 Å². The van der Waals surface area contributed by atoms with Gasteiger partial charge in [-0.25, -0.2) is 0 Å². The number of hydrogen-bond donors (Lipinski definition) is 1. The first-order valence-electron chi connectivity index (χ1n) is 7.35. The molecule has 4 nitrogen and oxygen atoms in total. The maximum atomic E-state index is 12.1. The summed E-state index contributed by atoms with van der Waals surface area (Å²) in [5.41, 5.74) is 0. The van der Waals surface area contributed by atoms with E-state index in [-0.39, 0.29) is 6.04 Å². The van der Waals surface area contributed by atoms with E-state index in [2.05, 4.69) is 22.2 Å². The van der Waals surface area contributed by atoms with E-state index < -0.39 is 0 Å². The minimum atomic E-state index is 0.0660. The Kier molecular flexibility index (Phi) is 5.01. The lowest BCUT2D eigenvalue weighted by molar-refractivity contribution is -0.136. The maximum absolute atomic E-state index is 12.1. The number of nitrogens with zero attached hydrogens (tertiary/aromatic N) is 2. The van der Waals surface area contributed by atoms with Gasteiger partial charge >= 0.3 is 0 Å². The zero-order valence-corrected chi connectivity index (χ0v) is 11.8. The van der Waals surface area contributed by atoms with Gasteiger partial charge in [-0.15, -0.1) is 0 Å². The number of nitrogens with one attached hydrogen (secondary N) is 1. The molecule has 0 bridgehead atoms. The molecular weight excluding hydrogens is 226 g/mol. The molecule has 2 saturated heterocycles. The number of carbonyl (C=O) groups excluding carboxylic acids is 1. The SMILES string of the molecule is CNC1CCCN(CCC2CCN(C)CC2)C1=O. The number of carbonyl (C=O) groups is 1. The molecule has 2 rings (SSSR count). The van der Waals surface area contributed by atoms with Gasteiger partial charge in [-0.2, -0.15) is 0 Å². The molecule has 4 heteroatoms. The van der Waals surface area contributed by atoms with Gasteiger partial charge in [0.2, 0.25) is 5.91 Å². The quantitative estimate of drug-likeness (QED) is 0.809. The van der Waals surface area contributed by atoms with E-state index in [1.54, 1.807) is 0 Å². The van der Waals surface area contributed by atoms with Gasteiger partial charge in [-0.3, -0.25) is 4.79 Å². The van der Waals surface area contributed by atoms with Gasteiger partial charge in [0, 0.05) is 13.1 Å². The van der Waals surface area contributed by atoms with Crippen LogP contribution < -0.4 is 5.32 Å². The van der Waals surface area contributed by atoms with Gasteiger partial charge in [0.05, 0.1) is 6.04 Å². The van der Waals surface area contributed by atoms with E-state index in [1.807, 2.05) is 7.05 Å². The van der Waals surface area contributed by atoms with Gasteiger partial charge in [0.15, 0.2) is 0 Å². The van der Waals surface area contributed by atoms with E-state index in [4.69, 9.17) is 0 Å². The number of piperidine rings is 2. The summed E-state index contributed by atoms with van der Waals surface area (Å²) in [6.45, 7) is 4.37. The Labute approximate surface area is 111 Å². The lowest BCUT2D eigenvalue weighted by Crippen LogP contribution is -2.50. The Morgan fingerprint density at radius 1 is 1.22 bits per heavy atom. The van der Waals surface area contributed by atoms with Crippen LogP contribution in [-0.4, -0.2) is 62.0 Å². The Morgan fingerprint density at radius 3 is 2.61 bits per heavy atom. The summed E-state index contributed by atoms with van der Waals surface area (Å²) in [4.78, 5) is 16.6. The predicted molar refractivity (Wildman–Crippen MR) is 73.5 cm³/mol. The number of amides is 1. The molecule has 2 fully saturated rings. The molecule has 0 spiro atoms. The van der Waals surface area contributed by atoms with Crippen molar-refractivity contribution < 1.29 is 4.79 Å². The summed E-state index contributed by atoms with van der Waals surface area (Å²) in [6, 6.07) is 0.0660. The maximum Gasteiger partial charge on any atom is 0.239 e. The first-order valence-corrected chi connectivity index (χ1v) is 7.35. The van der Waals surface area contributed by atoms with Crippen molar-refractivity contribution >= 4 is 5.91 Å². The fourth-order valence-electron chi connectivity index (χ4n) is 3.12. The summed E-state index contributed by atoms with van der Waals surface area (Å²) in [5.74, 6) is 1.14. The van der Waals surface area contributed by atoms with Crippen LogP contribution in [0, 0.1) is 5.92 Å². The highest BCUT2D eigenvalue weighted by molar-refractivity contribution is 5.82. The van der Waals surface area contributed by atoms with Crippen LogP contribution in [0.1, 0.15) is 32.1 Å². The van der Waals surface area contributed by atoms with Crippen LogP contribution in [0.15, 0.2) is 0 Å². The molecule has 2 heterocycles. The molecule has 104 valence electrons. The van der Waals surface area contributed by atoms with E-state index >= 15 is 0 Å². The van der Waals surface area contributed by atoms with Gasteiger partial charge in [-0.1, -0.05) is 0 Å². The predicted octanol–water partition coefficient (Wildman–Crippen LogP) is 0.929. The molecule has 1 unspecified atom stereocenters. The van der Waals surface area contributed by atoms with Crippen LogP contribution in [0.3, 0.4) is 0 Å². The second-order valence-electron chi connectivity index (χ2n) is 5.84. The summed E-state index contributed by atoms with van der Waals surface area (Å²) < 4.78 is 0. The van der Waals surface area contributed by atoms with Crippen LogP contribution in [0.5, 0.6) is 0 Å². The third kappa shape index (κ3) is 3.45. The largest absolute Gasteiger partial charge is 0.341 e. The lowest BCUT2D eigenvalue weighted by atomic mass is 9.93. The third-order valence-corrected chi connectivity index (χ3v) is 4.52. The topological polar surface area (TPSA) is 35.6 Å². The summed E-state index contributed by atoms with van der Waals surface area (Å²) in [5, 5.41) is 3.13. The van der Waals surface area contributed by atoms with E-state index in [1.165, 1.54) is 32.4 Å². The van der Waals surface area contributed by atoms with Crippen LogP contribution in [0.4, 0.5) is 0 Å². The Morgan fingerprint density at radius 2 is 1.94 bits per heavy atom. The van der Waals surface area contributed by atoms with Crippen LogP contribution >= 0.6 is 0 Å². The van der Waals surface area contributed by atoms with Crippen LogP contribution in [0.2, 0.25) is 0 Å². The van der Waals surface area contributed by atoms with Gasteiger partial charge in [-0.05, 0) is 65.2 Å². The molecule has 0 aromatic carbocycles. The molecule has 2 aliphatic heterocycles. The molecule has 18 heavy (non-hydrogen) atoms. The fraction of sp³-hybridized carbons (Fsp3) is 0.929. The highest BCUT2D eigenvalue weighted by Gasteiger charge is 2.27. The van der Waals surface area contributed by atoms with E-state index in [0.717, 1.165) is 31.8 Å². The molecule has 1 atom stereocenters. The molecule has 0 aromatic rings. The van der Waals surface area contributed by atoms with E-state index in [0.29, 0.717) is 5.91 Å². The smallest absolute Gasteiger partial charge is 0.239 e. The highest BCUT2D eigenvalue weighted by Crippen LogP contribution is 2.21. The first kappa shape index (κ1) is 13.8. The standard InChI is InChI=1S/C14H27N3O/c1-15-13-4-3-8-17(14(13)18)11-7-12-5-9-16(2)10-6-12/h12-13,15H,3-11H2,1-2H3. The second-order valence-corrected chi connectivity index (χ2v) is 5.84. The molecule has 1 amide bonds. The Bertz CT molecular complexity index is 274. The molecular formula is C14H27N3O. The van der Waals surface area contributed by atoms with Gasteiger partial charge in [0.25, 0.3) is 0 Å². The van der Waals surface area contributed by atoms with E-state index in [9.17, 15) is 4.79 Å². The number of hydrogen-bond acceptors (Lipinski definition) is 3. The molecule has 0 saturated carbocycles. The lowest BCUT2D eigenvalue weighted by Gasteiger charge is -2.34. The monoisotopic (exact) mass is 253 g/mol. The fourth-order valence-corrected chi connectivity index (χ4v) is 3.12. The zero-order valence-electron chi connectivity index (χ0n) is 11.8. The van der Waals surface area contributed by atoms with Crippen molar-refractivity contribution in [2.24, 2.45) is 5.92 Å². The van der Waals surface area contributed by atoms with Crippen molar-refractivity contribution in [3.63, 3.8) is 0 Å².